The van der Waals surface area contributed by atoms with Gasteiger partial charge in [-0.1, -0.05) is 0 Å². The summed E-state index contributed by atoms with van der Waals surface area (Å²) >= 11 is 0. The first-order valence-electron chi connectivity index (χ1n) is 6.90. The predicted octanol–water partition coefficient (Wildman–Crippen LogP) is 1.93. The highest BCUT2D eigenvalue weighted by Gasteiger charge is 2.16. The molecule has 0 atom stereocenters. The van der Waals surface area contributed by atoms with Gasteiger partial charge in [0.15, 0.2) is 17.3 Å². The smallest absolute Gasteiger partial charge is 0.371 e. The number of benzene rings is 1. The molecule has 1 aromatic carbocycles. The van der Waals surface area contributed by atoms with Crippen molar-refractivity contribution in [3.63, 3.8) is 0 Å². The van der Waals surface area contributed by atoms with Crippen LogP contribution >= 0.6 is 0 Å². The van der Waals surface area contributed by atoms with Crippen LogP contribution in [0.4, 0.5) is 0 Å². The van der Waals surface area contributed by atoms with Gasteiger partial charge in [0.05, 0.1) is 21.3 Å². The summed E-state index contributed by atoms with van der Waals surface area (Å²) in [5, 5.41) is 11.4. The van der Waals surface area contributed by atoms with Crippen molar-refractivity contribution >= 4 is 11.9 Å². The Kier molecular flexibility index (Phi) is 5.31. The molecule has 0 unspecified atom stereocenters. The Morgan fingerprint density at radius 1 is 1.00 bits per heavy atom. The van der Waals surface area contributed by atoms with E-state index in [0.29, 0.717) is 22.8 Å². The van der Waals surface area contributed by atoms with E-state index in [4.69, 9.17) is 23.7 Å². The predicted molar refractivity (Wildman–Crippen MR) is 82.9 cm³/mol. The Labute approximate surface area is 137 Å². The lowest BCUT2D eigenvalue weighted by molar-refractivity contribution is 0.0659. The summed E-state index contributed by atoms with van der Waals surface area (Å²) in [6.45, 7) is 0.130. The van der Waals surface area contributed by atoms with Crippen LogP contribution in [0, 0.1) is 0 Å². The Morgan fingerprint density at radius 2 is 1.58 bits per heavy atom. The fourth-order valence-corrected chi connectivity index (χ4v) is 2.07. The molecule has 1 heterocycles. The lowest BCUT2D eigenvalue weighted by Crippen LogP contribution is -2.22. The summed E-state index contributed by atoms with van der Waals surface area (Å²) in [5.74, 6) is -0.667. The molecule has 0 saturated heterocycles. The number of carbonyl (C=O) groups is 2. The monoisotopic (exact) mass is 335 g/mol. The van der Waals surface area contributed by atoms with Crippen molar-refractivity contribution in [2.24, 2.45) is 0 Å². The Bertz CT molecular complexity index is 751. The van der Waals surface area contributed by atoms with Crippen LogP contribution in [0.2, 0.25) is 0 Å². The van der Waals surface area contributed by atoms with E-state index in [0.717, 1.165) is 0 Å². The molecule has 0 spiro atoms. The van der Waals surface area contributed by atoms with E-state index < -0.39 is 11.9 Å². The van der Waals surface area contributed by atoms with Gasteiger partial charge < -0.3 is 29.1 Å². The van der Waals surface area contributed by atoms with Crippen LogP contribution in [-0.2, 0) is 6.54 Å². The lowest BCUT2D eigenvalue weighted by atomic mass is 10.1. The molecule has 0 aliphatic carbocycles. The molecule has 8 heteroatoms. The second-order valence-corrected chi connectivity index (χ2v) is 4.67. The van der Waals surface area contributed by atoms with Crippen molar-refractivity contribution in [1.29, 1.82) is 0 Å². The number of hydrogen-bond donors (Lipinski definition) is 2. The first-order chi connectivity index (χ1) is 11.5. The molecule has 0 aliphatic rings. The largest absolute Gasteiger partial charge is 0.496 e. The number of aromatic carboxylic acids is 1. The molecule has 2 N–H and O–H groups in total. The molecule has 0 fully saturated rings. The van der Waals surface area contributed by atoms with Crippen LogP contribution in [0.1, 0.15) is 26.7 Å². The van der Waals surface area contributed by atoms with Crippen molar-refractivity contribution in [2.75, 3.05) is 21.3 Å². The fraction of sp³-hybridized carbons (Fsp3) is 0.250. The van der Waals surface area contributed by atoms with E-state index in [1.54, 1.807) is 12.1 Å². The molecule has 1 aromatic heterocycles. The van der Waals surface area contributed by atoms with E-state index >= 15 is 0 Å². The summed E-state index contributed by atoms with van der Waals surface area (Å²) in [4.78, 5) is 22.8. The second kappa shape index (κ2) is 7.40. The maximum Gasteiger partial charge on any atom is 0.371 e. The van der Waals surface area contributed by atoms with Crippen LogP contribution in [0.25, 0.3) is 0 Å². The van der Waals surface area contributed by atoms with Crippen LogP contribution < -0.4 is 19.5 Å². The number of rotatable bonds is 7. The Balaban J connectivity index is 2.15. The fourth-order valence-electron chi connectivity index (χ4n) is 2.07. The molecule has 8 nitrogen and oxygen atoms in total. The SMILES string of the molecule is COc1cc(OC)c(OC)cc1CNC(=O)c1ccc(C(=O)O)o1. The number of ether oxygens (including phenoxy) is 3. The van der Waals surface area contributed by atoms with Gasteiger partial charge in [-0.2, -0.15) is 0 Å². The number of methoxy groups -OCH3 is 3. The van der Waals surface area contributed by atoms with Gasteiger partial charge in [0.25, 0.3) is 5.91 Å². The first-order valence-corrected chi connectivity index (χ1v) is 6.90. The van der Waals surface area contributed by atoms with E-state index in [1.165, 1.54) is 33.5 Å². The zero-order valence-corrected chi connectivity index (χ0v) is 13.4. The zero-order valence-electron chi connectivity index (χ0n) is 13.4. The molecule has 0 radical (unpaired) electrons. The average molecular weight is 335 g/mol. The van der Waals surface area contributed by atoms with Gasteiger partial charge in [-0.25, -0.2) is 4.79 Å². The topological polar surface area (TPSA) is 107 Å². The standard InChI is InChI=1S/C16H17NO7/c1-21-12-7-14(23-3)13(22-2)6-9(12)8-17-15(18)10-4-5-11(24-10)16(19)20/h4-7H,8H2,1-3H3,(H,17,18)(H,19,20). The van der Waals surface area contributed by atoms with Crippen molar-refractivity contribution in [3.8, 4) is 17.2 Å². The van der Waals surface area contributed by atoms with Gasteiger partial charge in [-0.05, 0) is 18.2 Å². The van der Waals surface area contributed by atoms with Crippen molar-refractivity contribution < 1.29 is 33.3 Å². The number of carboxylic acid groups (broad SMARTS) is 1. The summed E-state index contributed by atoms with van der Waals surface area (Å²) < 4.78 is 20.6. The van der Waals surface area contributed by atoms with Crippen molar-refractivity contribution in [1.82, 2.24) is 5.32 Å². The van der Waals surface area contributed by atoms with Gasteiger partial charge in [-0.3, -0.25) is 4.79 Å². The second-order valence-electron chi connectivity index (χ2n) is 4.67. The maximum absolute atomic E-state index is 12.0. The minimum atomic E-state index is -1.24. The van der Waals surface area contributed by atoms with Crippen LogP contribution in [0.5, 0.6) is 17.2 Å². The molecule has 2 aromatic rings. The third kappa shape index (κ3) is 3.60. The number of furan rings is 1. The summed E-state index contributed by atoms with van der Waals surface area (Å²) in [5.41, 5.74) is 0.661. The normalized spacial score (nSPS) is 10.1. The summed E-state index contributed by atoms with van der Waals surface area (Å²) in [7, 11) is 4.51. The number of hydrogen-bond acceptors (Lipinski definition) is 6. The minimum Gasteiger partial charge on any atom is -0.496 e. The number of carbonyl (C=O) groups excluding carboxylic acids is 1. The molecule has 0 saturated carbocycles. The van der Waals surface area contributed by atoms with Gasteiger partial charge in [0.1, 0.15) is 5.75 Å². The molecule has 2 rings (SSSR count). The van der Waals surface area contributed by atoms with Crippen LogP contribution in [-0.4, -0.2) is 38.3 Å². The summed E-state index contributed by atoms with van der Waals surface area (Å²) in [6, 6.07) is 5.84. The minimum absolute atomic E-state index is 0.0909. The molecule has 24 heavy (non-hydrogen) atoms. The van der Waals surface area contributed by atoms with Gasteiger partial charge in [0, 0.05) is 18.2 Å². The van der Waals surface area contributed by atoms with E-state index in [9.17, 15) is 9.59 Å². The van der Waals surface area contributed by atoms with E-state index in [1.807, 2.05) is 0 Å². The Hall–Kier alpha value is -3.16. The van der Waals surface area contributed by atoms with E-state index in [2.05, 4.69) is 5.32 Å². The quantitative estimate of drug-likeness (QED) is 0.796. The number of nitrogens with one attached hydrogen (secondary N) is 1. The average Bonchev–Trinajstić information content (AvgIpc) is 3.09. The van der Waals surface area contributed by atoms with E-state index in [-0.39, 0.29) is 18.1 Å². The van der Waals surface area contributed by atoms with Gasteiger partial charge in [0.2, 0.25) is 5.76 Å². The molecule has 0 bridgehead atoms. The summed E-state index contributed by atoms with van der Waals surface area (Å²) in [6.07, 6.45) is 0. The van der Waals surface area contributed by atoms with Gasteiger partial charge >= 0.3 is 5.97 Å². The zero-order chi connectivity index (χ0) is 17.7. The van der Waals surface area contributed by atoms with Crippen molar-refractivity contribution in [2.45, 2.75) is 6.54 Å². The van der Waals surface area contributed by atoms with Crippen LogP contribution in [0.15, 0.2) is 28.7 Å². The Morgan fingerprint density at radius 3 is 2.12 bits per heavy atom. The molecule has 128 valence electrons. The molecular weight excluding hydrogens is 318 g/mol. The van der Waals surface area contributed by atoms with Crippen molar-refractivity contribution in [3.05, 3.63) is 41.3 Å². The number of carboxylic acids is 1. The highest BCUT2D eigenvalue weighted by atomic mass is 16.5. The first kappa shape index (κ1) is 17.2. The molecule has 0 aliphatic heterocycles. The maximum atomic E-state index is 12.0. The van der Waals surface area contributed by atoms with Crippen LogP contribution in [0.3, 0.4) is 0 Å². The highest BCUT2D eigenvalue weighted by Crippen LogP contribution is 2.34. The third-order valence-electron chi connectivity index (χ3n) is 3.27. The molecule has 1 amide bonds. The van der Waals surface area contributed by atoms with Gasteiger partial charge in [-0.15, -0.1) is 0 Å². The number of amides is 1. The third-order valence-corrected chi connectivity index (χ3v) is 3.27. The lowest BCUT2D eigenvalue weighted by Gasteiger charge is -2.14. The molecular formula is C16H17NO7. The highest BCUT2D eigenvalue weighted by molar-refractivity contribution is 5.93.